The molecule has 2 rings (SSSR count). The van der Waals surface area contributed by atoms with E-state index in [1.807, 2.05) is 0 Å². The molecular weight excluding hydrogens is 214 g/mol. The second-order valence-electron chi connectivity index (χ2n) is 6.15. The number of methoxy groups -OCH3 is 1. The summed E-state index contributed by atoms with van der Waals surface area (Å²) in [4.78, 5) is 0. The second kappa shape index (κ2) is 5.25. The molecule has 1 saturated carbocycles. The third-order valence-electron chi connectivity index (χ3n) is 4.52. The van der Waals surface area contributed by atoms with Crippen LogP contribution in [0.15, 0.2) is 0 Å². The maximum absolute atomic E-state index is 5.83. The lowest BCUT2D eigenvalue weighted by atomic mass is 9.57. The van der Waals surface area contributed by atoms with Crippen LogP contribution in [0.1, 0.15) is 40.0 Å². The molecule has 2 aliphatic rings. The molecule has 1 heterocycles. The van der Waals surface area contributed by atoms with Crippen molar-refractivity contribution in [1.82, 2.24) is 5.32 Å². The van der Waals surface area contributed by atoms with Crippen molar-refractivity contribution in [2.75, 3.05) is 20.3 Å². The molecule has 1 saturated heterocycles. The van der Waals surface area contributed by atoms with Crippen LogP contribution in [0.5, 0.6) is 0 Å². The van der Waals surface area contributed by atoms with Gasteiger partial charge in [0, 0.05) is 37.1 Å². The lowest BCUT2D eigenvalue weighted by Gasteiger charge is -2.55. The Hall–Kier alpha value is -0.120. The molecule has 17 heavy (non-hydrogen) atoms. The van der Waals surface area contributed by atoms with Crippen LogP contribution < -0.4 is 5.32 Å². The molecule has 3 heteroatoms. The molecule has 1 aliphatic heterocycles. The molecule has 4 atom stereocenters. The number of ether oxygens (including phenoxy) is 2. The zero-order chi connectivity index (χ0) is 12.5. The highest BCUT2D eigenvalue weighted by molar-refractivity contribution is 5.11. The molecular formula is C14H27NO2. The van der Waals surface area contributed by atoms with E-state index >= 15 is 0 Å². The summed E-state index contributed by atoms with van der Waals surface area (Å²) in [6.07, 6.45) is 4.10. The number of hydrogen-bond acceptors (Lipinski definition) is 3. The summed E-state index contributed by atoms with van der Waals surface area (Å²) in [5, 5.41) is 3.81. The molecule has 0 amide bonds. The van der Waals surface area contributed by atoms with E-state index < -0.39 is 0 Å². The molecule has 0 aromatic rings. The van der Waals surface area contributed by atoms with Gasteiger partial charge in [-0.3, -0.25) is 0 Å². The first-order valence-electron chi connectivity index (χ1n) is 6.97. The first-order valence-corrected chi connectivity index (χ1v) is 6.97. The minimum absolute atomic E-state index is 0.279. The van der Waals surface area contributed by atoms with Crippen molar-refractivity contribution in [2.24, 2.45) is 11.3 Å². The van der Waals surface area contributed by atoms with Gasteiger partial charge in [-0.05, 0) is 12.8 Å². The van der Waals surface area contributed by atoms with Crippen molar-refractivity contribution in [3.63, 3.8) is 0 Å². The molecule has 1 N–H and O–H groups in total. The van der Waals surface area contributed by atoms with Gasteiger partial charge in [0.05, 0.1) is 12.7 Å². The highest BCUT2D eigenvalue weighted by atomic mass is 16.5. The minimum Gasteiger partial charge on any atom is -0.383 e. The van der Waals surface area contributed by atoms with Crippen LogP contribution >= 0.6 is 0 Å². The standard InChI is InChI=1S/C14H27NO2/c1-5-6-10(9-16-4)15-12-11-7-8-17-13(11)14(12,2)3/h10-13,15H,5-9H2,1-4H3. The summed E-state index contributed by atoms with van der Waals surface area (Å²) in [7, 11) is 1.79. The van der Waals surface area contributed by atoms with E-state index in [0.717, 1.165) is 19.1 Å². The van der Waals surface area contributed by atoms with Crippen LogP contribution in [-0.4, -0.2) is 38.5 Å². The zero-order valence-electron chi connectivity index (χ0n) is 11.7. The fourth-order valence-corrected chi connectivity index (χ4v) is 3.68. The maximum Gasteiger partial charge on any atom is 0.0685 e. The predicted molar refractivity (Wildman–Crippen MR) is 69.1 cm³/mol. The lowest BCUT2D eigenvalue weighted by Crippen LogP contribution is -2.67. The number of hydrogen-bond donors (Lipinski definition) is 1. The third kappa shape index (κ3) is 2.38. The average Bonchev–Trinajstić information content (AvgIpc) is 2.73. The van der Waals surface area contributed by atoms with E-state index in [9.17, 15) is 0 Å². The molecule has 3 nitrogen and oxygen atoms in total. The van der Waals surface area contributed by atoms with Gasteiger partial charge < -0.3 is 14.8 Å². The second-order valence-corrected chi connectivity index (χ2v) is 6.15. The van der Waals surface area contributed by atoms with Gasteiger partial charge in [0.2, 0.25) is 0 Å². The van der Waals surface area contributed by atoms with Crippen molar-refractivity contribution < 1.29 is 9.47 Å². The van der Waals surface area contributed by atoms with Crippen molar-refractivity contribution in [3.8, 4) is 0 Å². The molecule has 0 bridgehead atoms. The van der Waals surface area contributed by atoms with Crippen molar-refractivity contribution >= 4 is 0 Å². The summed E-state index contributed by atoms with van der Waals surface area (Å²) >= 11 is 0. The smallest absolute Gasteiger partial charge is 0.0685 e. The SMILES string of the molecule is CCCC(COC)NC1C2CCOC2C1(C)C. The number of rotatable bonds is 6. The van der Waals surface area contributed by atoms with E-state index in [2.05, 4.69) is 26.1 Å². The number of nitrogens with one attached hydrogen (secondary N) is 1. The largest absolute Gasteiger partial charge is 0.383 e. The fraction of sp³-hybridized carbons (Fsp3) is 1.00. The van der Waals surface area contributed by atoms with E-state index in [0.29, 0.717) is 18.2 Å². The Bertz CT molecular complexity index is 249. The monoisotopic (exact) mass is 241 g/mol. The molecule has 100 valence electrons. The molecule has 0 aromatic heterocycles. The van der Waals surface area contributed by atoms with Gasteiger partial charge in [-0.2, -0.15) is 0 Å². The minimum atomic E-state index is 0.279. The molecule has 2 fully saturated rings. The first-order chi connectivity index (χ1) is 8.11. The molecule has 1 aliphatic carbocycles. The Balaban J connectivity index is 1.92. The van der Waals surface area contributed by atoms with E-state index in [1.54, 1.807) is 7.11 Å². The van der Waals surface area contributed by atoms with Gasteiger partial charge in [0.1, 0.15) is 0 Å². The van der Waals surface area contributed by atoms with E-state index in [4.69, 9.17) is 9.47 Å². The van der Waals surface area contributed by atoms with Gasteiger partial charge in [-0.15, -0.1) is 0 Å². The molecule has 4 unspecified atom stereocenters. The highest BCUT2D eigenvalue weighted by Gasteiger charge is 2.59. The summed E-state index contributed by atoms with van der Waals surface area (Å²) in [5.74, 6) is 0.723. The summed E-state index contributed by atoms with van der Waals surface area (Å²) in [5.41, 5.74) is 0.279. The highest BCUT2D eigenvalue weighted by Crippen LogP contribution is 2.52. The normalized spacial score (nSPS) is 36.4. The predicted octanol–water partition coefficient (Wildman–Crippen LogP) is 2.20. The van der Waals surface area contributed by atoms with Crippen LogP contribution in [0.25, 0.3) is 0 Å². The van der Waals surface area contributed by atoms with Crippen molar-refractivity contribution in [2.45, 2.75) is 58.2 Å². The van der Waals surface area contributed by atoms with Crippen molar-refractivity contribution in [3.05, 3.63) is 0 Å². The van der Waals surface area contributed by atoms with E-state index in [-0.39, 0.29) is 5.41 Å². The topological polar surface area (TPSA) is 30.5 Å². The quantitative estimate of drug-likeness (QED) is 0.773. The van der Waals surface area contributed by atoms with Crippen molar-refractivity contribution in [1.29, 1.82) is 0 Å². The van der Waals surface area contributed by atoms with Crippen LogP contribution in [0, 0.1) is 11.3 Å². The van der Waals surface area contributed by atoms with Gasteiger partial charge >= 0.3 is 0 Å². The third-order valence-corrected chi connectivity index (χ3v) is 4.52. The van der Waals surface area contributed by atoms with Gasteiger partial charge in [-0.1, -0.05) is 27.2 Å². The number of fused-ring (bicyclic) bond motifs is 1. The Morgan fingerprint density at radius 3 is 2.88 bits per heavy atom. The van der Waals surface area contributed by atoms with Crippen LogP contribution in [0.3, 0.4) is 0 Å². The maximum atomic E-state index is 5.83. The molecule has 0 radical (unpaired) electrons. The lowest BCUT2D eigenvalue weighted by molar-refractivity contribution is -0.117. The Morgan fingerprint density at radius 2 is 2.24 bits per heavy atom. The first kappa shape index (κ1) is 13.3. The summed E-state index contributed by atoms with van der Waals surface area (Å²) in [6, 6.07) is 1.09. The zero-order valence-corrected chi connectivity index (χ0v) is 11.7. The Morgan fingerprint density at radius 1 is 1.47 bits per heavy atom. The van der Waals surface area contributed by atoms with E-state index in [1.165, 1.54) is 19.3 Å². The van der Waals surface area contributed by atoms with Crippen LogP contribution in [0.4, 0.5) is 0 Å². The summed E-state index contributed by atoms with van der Waals surface area (Å²) in [6.45, 7) is 8.65. The molecule has 0 spiro atoms. The van der Waals surface area contributed by atoms with Gasteiger partial charge in [0.25, 0.3) is 0 Å². The average molecular weight is 241 g/mol. The Kier molecular flexibility index (Phi) is 4.11. The van der Waals surface area contributed by atoms with Gasteiger partial charge in [-0.25, -0.2) is 0 Å². The fourth-order valence-electron chi connectivity index (χ4n) is 3.68. The van der Waals surface area contributed by atoms with Gasteiger partial charge in [0.15, 0.2) is 0 Å². The van der Waals surface area contributed by atoms with Crippen LogP contribution in [-0.2, 0) is 9.47 Å². The Labute approximate surface area is 105 Å². The van der Waals surface area contributed by atoms with Crippen LogP contribution in [0.2, 0.25) is 0 Å². The summed E-state index contributed by atoms with van der Waals surface area (Å²) < 4.78 is 11.1. The molecule has 0 aromatic carbocycles.